The van der Waals surface area contributed by atoms with E-state index >= 15 is 0 Å². The van der Waals surface area contributed by atoms with Crippen molar-refractivity contribution in [3.05, 3.63) is 23.8 Å². The van der Waals surface area contributed by atoms with Gasteiger partial charge in [0.25, 0.3) is 0 Å². The van der Waals surface area contributed by atoms with Crippen LogP contribution >= 0.6 is 0 Å². The van der Waals surface area contributed by atoms with Gasteiger partial charge in [-0.25, -0.2) is 0 Å². The lowest BCUT2D eigenvalue weighted by molar-refractivity contribution is 0.170. The Morgan fingerprint density at radius 1 is 1.18 bits per heavy atom. The minimum absolute atomic E-state index is 0.594. The fraction of sp³-hybridized carbons (Fsp3) is 0.571. The van der Waals surface area contributed by atoms with E-state index in [-0.39, 0.29) is 0 Å². The smallest absolute Gasteiger partial charge is 0.0371 e. The summed E-state index contributed by atoms with van der Waals surface area (Å²) in [5.74, 6) is 0. The predicted octanol–water partition coefficient (Wildman–Crippen LogP) is 2.11. The number of likely N-dealkylation sites (N-methyl/N-ethyl adjacent to an activating group) is 1. The number of rotatable bonds is 1. The van der Waals surface area contributed by atoms with Gasteiger partial charge in [-0.2, -0.15) is 0 Å². The van der Waals surface area contributed by atoms with E-state index in [9.17, 15) is 0 Å². The fourth-order valence-electron chi connectivity index (χ4n) is 2.47. The quantitative estimate of drug-likeness (QED) is 0.754. The molecule has 2 N–H and O–H groups in total. The number of piperazine rings is 1. The van der Waals surface area contributed by atoms with Crippen molar-refractivity contribution < 1.29 is 0 Å². The molecule has 0 aromatic heterocycles. The molecule has 2 atom stereocenters. The molecule has 1 fully saturated rings. The van der Waals surface area contributed by atoms with Crippen molar-refractivity contribution >= 4 is 11.4 Å². The van der Waals surface area contributed by atoms with Gasteiger partial charge in [0.2, 0.25) is 0 Å². The van der Waals surface area contributed by atoms with E-state index in [2.05, 4.69) is 49.8 Å². The van der Waals surface area contributed by atoms with Crippen LogP contribution in [0.4, 0.5) is 11.4 Å². The van der Waals surface area contributed by atoms with Crippen LogP contribution in [0.5, 0.6) is 0 Å². The Morgan fingerprint density at radius 2 is 1.76 bits per heavy atom. The van der Waals surface area contributed by atoms with E-state index < -0.39 is 0 Å². The van der Waals surface area contributed by atoms with Gasteiger partial charge in [0, 0.05) is 36.5 Å². The van der Waals surface area contributed by atoms with E-state index in [1.165, 1.54) is 11.3 Å². The summed E-state index contributed by atoms with van der Waals surface area (Å²) >= 11 is 0. The Labute approximate surface area is 104 Å². The predicted molar refractivity (Wildman–Crippen MR) is 74.5 cm³/mol. The van der Waals surface area contributed by atoms with Crippen LogP contribution in [0, 0.1) is 6.92 Å². The van der Waals surface area contributed by atoms with Crippen LogP contribution in [0.25, 0.3) is 0 Å². The Kier molecular flexibility index (Phi) is 3.29. The summed E-state index contributed by atoms with van der Waals surface area (Å²) in [5.41, 5.74) is 9.21. The van der Waals surface area contributed by atoms with Crippen LogP contribution in [0.3, 0.4) is 0 Å². The first kappa shape index (κ1) is 12.2. The Hall–Kier alpha value is -1.22. The molecule has 0 bridgehead atoms. The molecule has 3 nitrogen and oxygen atoms in total. The van der Waals surface area contributed by atoms with Crippen LogP contribution in [0.1, 0.15) is 19.4 Å². The third kappa shape index (κ3) is 2.39. The molecular weight excluding hydrogens is 210 g/mol. The summed E-state index contributed by atoms with van der Waals surface area (Å²) in [4.78, 5) is 4.91. The maximum absolute atomic E-state index is 5.87. The fourth-order valence-corrected chi connectivity index (χ4v) is 2.47. The van der Waals surface area contributed by atoms with Gasteiger partial charge in [-0.15, -0.1) is 0 Å². The summed E-state index contributed by atoms with van der Waals surface area (Å²) in [6, 6.07) is 7.53. The van der Waals surface area contributed by atoms with E-state index in [0.29, 0.717) is 12.1 Å². The van der Waals surface area contributed by atoms with Crippen molar-refractivity contribution in [2.45, 2.75) is 32.9 Å². The zero-order valence-electron chi connectivity index (χ0n) is 11.3. The molecule has 1 aliphatic heterocycles. The second-order valence-electron chi connectivity index (χ2n) is 5.31. The molecule has 2 rings (SSSR count). The number of benzene rings is 1. The highest BCUT2D eigenvalue weighted by molar-refractivity contribution is 5.58. The van der Waals surface area contributed by atoms with Crippen LogP contribution in [0.15, 0.2) is 18.2 Å². The van der Waals surface area contributed by atoms with Crippen molar-refractivity contribution in [3.63, 3.8) is 0 Å². The largest absolute Gasteiger partial charge is 0.399 e. The first-order valence-electron chi connectivity index (χ1n) is 6.32. The topological polar surface area (TPSA) is 32.5 Å². The summed E-state index contributed by atoms with van der Waals surface area (Å²) in [6.07, 6.45) is 0. The molecule has 2 unspecified atom stereocenters. The first-order chi connectivity index (χ1) is 7.99. The van der Waals surface area contributed by atoms with Crippen molar-refractivity contribution in [3.8, 4) is 0 Å². The third-order valence-electron chi connectivity index (χ3n) is 3.98. The van der Waals surface area contributed by atoms with Crippen LogP contribution in [-0.4, -0.2) is 37.1 Å². The van der Waals surface area contributed by atoms with Gasteiger partial charge in [-0.05, 0) is 51.6 Å². The van der Waals surface area contributed by atoms with E-state index in [0.717, 1.165) is 18.8 Å². The molecule has 1 heterocycles. The highest BCUT2D eigenvalue weighted by Gasteiger charge is 2.26. The van der Waals surface area contributed by atoms with Crippen molar-refractivity contribution in [1.29, 1.82) is 0 Å². The van der Waals surface area contributed by atoms with Gasteiger partial charge in [-0.3, -0.25) is 4.90 Å². The van der Waals surface area contributed by atoms with E-state index in [1.807, 2.05) is 6.07 Å². The van der Waals surface area contributed by atoms with Gasteiger partial charge in [-0.1, -0.05) is 0 Å². The number of nitrogens with zero attached hydrogens (tertiary/aromatic N) is 2. The summed E-state index contributed by atoms with van der Waals surface area (Å²) in [7, 11) is 2.21. The molecule has 0 spiro atoms. The molecule has 17 heavy (non-hydrogen) atoms. The summed E-state index contributed by atoms with van der Waals surface area (Å²) in [6.45, 7) is 8.82. The van der Waals surface area contributed by atoms with Crippen LogP contribution in [0.2, 0.25) is 0 Å². The zero-order valence-corrected chi connectivity index (χ0v) is 11.3. The maximum atomic E-state index is 5.87. The molecule has 1 aromatic rings. The van der Waals surface area contributed by atoms with Crippen LogP contribution < -0.4 is 10.6 Å². The molecule has 0 aliphatic carbocycles. The number of nitrogen functional groups attached to an aromatic ring is 1. The molecule has 3 heteroatoms. The summed E-state index contributed by atoms with van der Waals surface area (Å²) in [5, 5.41) is 0. The van der Waals surface area contributed by atoms with Gasteiger partial charge in [0.15, 0.2) is 0 Å². The normalized spacial score (nSPS) is 26.2. The van der Waals surface area contributed by atoms with E-state index in [4.69, 9.17) is 5.73 Å². The number of nitrogens with two attached hydrogens (primary N) is 1. The second kappa shape index (κ2) is 4.57. The second-order valence-corrected chi connectivity index (χ2v) is 5.31. The Balaban J connectivity index is 2.20. The number of hydrogen-bond donors (Lipinski definition) is 1. The highest BCUT2D eigenvalue weighted by Crippen LogP contribution is 2.24. The lowest BCUT2D eigenvalue weighted by Gasteiger charge is -2.43. The zero-order chi connectivity index (χ0) is 12.6. The van der Waals surface area contributed by atoms with Gasteiger partial charge < -0.3 is 10.6 Å². The number of anilines is 2. The molecule has 0 amide bonds. The minimum Gasteiger partial charge on any atom is -0.399 e. The average Bonchev–Trinajstić information content (AvgIpc) is 2.29. The maximum Gasteiger partial charge on any atom is 0.0371 e. The lowest BCUT2D eigenvalue weighted by atomic mass is 10.1. The lowest BCUT2D eigenvalue weighted by Crippen LogP contribution is -2.55. The average molecular weight is 233 g/mol. The molecule has 0 saturated carbocycles. The minimum atomic E-state index is 0.594. The van der Waals surface area contributed by atoms with E-state index in [1.54, 1.807) is 0 Å². The third-order valence-corrected chi connectivity index (χ3v) is 3.98. The molecule has 0 radical (unpaired) electrons. The molecular formula is C14H23N3. The van der Waals surface area contributed by atoms with Crippen molar-refractivity contribution in [1.82, 2.24) is 4.90 Å². The highest BCUT2D eigenvalue weighted by atomic mass is 15.3. The van der Waals surface area contributed by atoms with Crippen molar-refractivity contribution in [2.24, 2.45) is 0 Å². The number of aryl methyl sites for hydroxylation is 1. The SMILES string of the molecule is Cc1cc(N2CC(C)N(C)C(C)C2)ccc1N. The molecule has 1 aromatic carbocycles. The first-order valence-corrected chi connectivity index (χ1v) is 6.32. The monoisotopic (exact) mass is 233 g/mol. The van der Waals surface area contributed by atoms with Gasteiger partial charge in [0.1, 0.15) is 0 Å². The summed E-state index contributed by atoms with van der Waals surface area (Å²) < 4.78 is 0. The standard InChI is InChI=1S/C14H23N3/c1-10-7-13(5-6-14(10)15)17-8-11(2)16(4)12(3)9-17/h5-7,11-12H,8-9,15H2,1-4H3. The Bertz CT molecular complexity index is 390. The van der Waals surface area contributed by atoms with Gasteiger partial charge >= 0.3 is 0 Å². The number of hydrogen-bond acceptors (Lipinski definition) is 3. The molecule has 1 aliphatic rings. The Morgan fingerprint density at radius 3 is 2.29 bits per heavy atom. The van der Waals surface area contributed by atoms with Crippen LogP contribution in [-0.2, 0) is 0 Å². The molecule has 1 saturated heterocycles. The van der Waals surface area contributed by atoms with Gasteiger partial charge in [0.05, 0.1) is 0 Å². The molecule has 94 valence electrons. The van der Waals surface area contributed by atoms with Crippen molar-refractivity contribution in [2.75, 3.05) is 30.8 Å².